The standard InChI is InChI=1S/C8H16N2O4/c1-13-7(11)4-3-5-9-10-6-8(12)14-2/h5,8,10,12H,3-4,6H2,1-2H3/b9-5+. The third kappa shape index (κ3) is 7.51. The summed E-state index contributed by atoms with van der Waals surface area (Å²) in [5.41, 5.74) is 2.57. The van der Waals surface area contributed by atoms with Crippen molar-refractivity contribution in [1.82, 2.24) is 5.43 Å². The minimum atomic E-state index is -0.868. The third-order valence-electron chi connectivity index (χ3n) is 1.43. The van der Waals surface area contributed by atoms with E-state index < -0.39 is 6.29 Å². The van der Waals surface area contributed by atoms with Gasteiger partial charge in [0.15, 0.2) is 6.29 Å². The van der Waals surface area contributed by atoms with Crippen LogP contribution < -0.4 is 5.43 Å². The van der Waals surface area contributed by atoms with Gasteiger partial charge in [-0.05, 0) is 6.42 Å². The summed E-state index contributed by atoms with van der Waals surface area (Å²) in [6.45, 7) is 0.214. The number of rotatable bonds is 7. The quantitative estimate of drug-likeness (QED) is 0.252. The monoisotopic (exact) mass is 204 g/mol. The molecule has 1 unspecified atom stereocenters. The first-order valence-corrected chi connectivity index (χ1v) is 4.22. The third-order valence-corrected chi connectivity index (χ3v) is 1.43. The maximum atomic E-state index is 10.6. The van der Waals surface area contributed by atoms with Crippen molar-refractivity contribution in [1.29, 1.82) is 0 Å². The molecular formula is C8H16N2O4. The minimum Gasteiger partial charge on any atom is -0.469 e. The lowest BCUT2D eigenvalue weighted by atomic mass is 10.3. The van der Waals surface area contributed by atoms with E-state index in [-0.39, 0.29) is 12.5 Å². The molecule has 0 aliphatic rings. The summed E-state index contributed by atoms with van der Waals surface area (Å²) >= 11 is 0. The maximum Gasteiger partial charge on any atom is 0.305 e. The Morgan fingerprint density at radius 1 is 1.64 bits per heavy atom. The number of hydrazone groups is 1. The topological polar surface area (TPSA) is 80.2 Å². The van der Waals surface area contributed by atoms with Crippen LogP contribution in [0.5, 0.6) is 0 Å². The number of aliphatic hydroxyl groups is 1. The van der Waals surface area contributed by atoms with Crippen LogP contribution in [-0.4, -0.2) is 44.3 Å². The molecule has 14 heavy (non-hydrogen) atoms. The summed E-state index contributed by atoms with van der Waals surface area (Å²) in [6.07, 6.45) is 1.48. The molecular weight excluding hydrogens is 188 g/mol. The molecule has 0 aliphatic carbocycles. The highest BCUT2D eigenvalue weighted by molar-refractivity contribution is 5.73. The van der Waals surface area contributed by atoms with Gasteiger partial charge in [0.05, 0.1) is 20.1 Å². The molecule has 0 aromatic rings. The van der Waals surface area contributed by atoms with Gasteiger partial charge in [-0.15, -0.1) is 0 Å². The molecule has 2 N–H and O–H groups in total. The van der Waals surface area contributed by atoms with Gasteiger partial charge >= 0.3 is 5.97 Å². The predicted molar refractivity (Wildman–Crippen MR) is 50.8 cm³/mol. The van der Waals surface area contributed by atoms with E-state index in [0.29, 0.717) is 12.8 Å². The van der Waals surface area contributed by atoms with Crippen LogP contribution in [0, 0.1) is 0 Å². The predicted octanol–water partition coefficient (Wildman–Crippen LogP) is -0.520. The van der Waals surface area contributed by atoms with Crippen molar-refractivity contribution in [3.63, 3.8) is 0 Å². The van der Waals surface area contributed by atoms with Gasteiger partial charge in [0.1, 0.15) is 0 Å². The lowest BCUT2D eigenvalue weighted by Crippen LogP contribution is -2.24. The Morgan fingerprint density at radius 2 is 2.36 bits per heavy atom. The maximum absolute atomic E-state index is 10.6. The number of aliphatic hydroxyl groups excluding tert-OH is 1. The Hall–Kier alpha value is -1.14. The fourth-order valence-electron chi connectivity index (χ4n) is 0.628. The lowest BCUT2D eigenvalue weighted by molar-refractivity contribution is -0.140. The molecule has 0 heterocycles. The van der Waals surface area contributed by atoms with Crippen molar-refractivity contribution in [3.05, 3.63) is 0 Å². The first kappa shape index (κ1) is 12.9. The zero-order valence-corrected chi connectivity index (χ0v) is 8.40. The molecule has 0 fully saturated rings. The largest absolute Gasteiger partial charge is 0.469 e. The fraction of sp³-hybridized carbons (Fsp3) is 0.750. The Morgan fingerprint density at radius 3 is 2.93 bits per heavy atom. The van der Waals surface area contributed by atoms with E-state index in [4.69, 9.17) is 5.11 Å². The molecule has 0 saturated carbocycles. The molecule has 0 radical (unpaired) electrons. The fourth-order valence-corrected chi connectivity index (χ4v) is 0.628. The number of carbonyl (C=O) groups is 1. The number of ether oxygens (including phenoxy) is 2. The van der Waals surface area contributed by atoms with Crippen LogP contribution in [-0.2, 0) is 14.3 Å². The summed E-state index contributed by atoms with van der Waals surface area (Å²) in [6, 6.07) is 0. The summed E-state index contributed by atoms with van der Waals surface area (Å²) < 4.78 is 8.99. The molecule has 0 rings (SSSR count). The van der Waals surface area contributed by atoms with E-state index in [1.54, 1.807) is 6.21 Å². The zero-order chi connectivity index (χ0) is 10.8. The average Bonchev–Trinajstić information content (AvgIpc) is 2.22. The molecule has 0 saturated heterocycles. The van der Waals surface area contributed by atoms with Gasteiger partial charge in [0, 0.05) is 13.3 Å². The van der Waals surface area contributed by atoms with E-state index in [1.165, 1.54) is 14.2 Å². The Labute approximate surface area is 82.9 Å². The summed E-state index contributed by atoms with van der Waals surface area (Å²) in [4.78, 5) is 10.6. The van der Waals surface area contributed by atoms with Crippen molar-refractivity contribution < 1.29 is 19.4 Å². The number of hydrogen-bond donors (Lipinski definition) is 2. The van der Waals surface area contributed by atoms with Gasteiger partial charge in [-0.3, -0.25) is 4.79 Å². The molecule has 82 valence electrons. The van der Waals surface area contributed by atoms with Crippen LogP contribution in [0.15, 0.2) is 5.10 Å². The number of methoxy groups -OCH3 is 2. The van der Waals surface area contributed by atoms with E-state index in [1.807, 2.05) is 0 Å². The zero-order valence-electron chi connectivity index (χ0n) is 8.40. The molecule has 6 heteroatoms. The first-order chi connectivity index (χ1) is 6.70. The van der Waals surface area contributed by atoms with Gasteiger partial charge in [-0.25, -0.2) is 0 Å². The molecule has 0 aromatic heterocycles. The average molecular weight is 204 g/mol. The van der Waals surface area contributed by atoms with E-state index >= 15 is 0 Å². The van der Waals surface area contributed by atoms with Crippen LogP contribution in [0.4, 0.5) is 0 Å². The summed E-state index contributed by atoms with van der Waals surface area (Å²) in [5, 5.41) is 12.7. The summed E-state index contributed by atoms with van der Waals surface area (Å²) in [7, 11) is 2.74. The summed E-state index contributed by atoms with van der Waals surface area (Å²) in [5.74, 6) is -0.270. The molecule has 0 spiro atoms. The Bertz CT molecular complexity index is 184. The van der Waals surface area contributed by atoms with Crippen LogP contribution in [0.2, 0.25) is 0 Å². The Kier molecular flexibility index (Phi) is 7.77. The van der Waals surface area contributed by atoms with Crippen LogP contribution in [0.3, 0.4) is 0 Å². The number of esters is 1. The molecule has 0 bridgehead atoms. The number of nitrogens with one attached hydrogen (secondary N) is 1. The van der Waals surface area contributed by atoms with E-state index in [9.17, 15) is 4.79 Å². The molecule has 0 aromatic carbocycles. The molecule has 0 aliphatic heterocycles. The number of nitrogens with zero attached hydrogens (tertiary/aromatic N) is 1. The van der Waals surface area contributed by atoms with E-state index in [2.05, 4.69) is 20.0 Å². The number of hydrogen-bond acceptors (Lipinski definition) is 6. The molecule has 6 nitrogen and oxygen atoms in total. The highest BCUT2D eigenvalue weighted by atomic mass is 16.6. The van der Waals surface area contributed by atoms with Crippen LogP contribution >= 0.6 is 0 Å². The smallest absolute Gasteiger partial charge is 0.305 e. The van der Waals surface area contributed by atoms with Crippen LogP contribution in [0.1, 0.15) is 12.8 Å². The second-order valence-corrected chi connectivity index (χ2v) is 2.48. The normalized spacial score (nSPS) is 12.8. The van der Waals surface area contributed by atoms with E-state index in [0.717, 1.165) is 0 Å². The van der Waals surface area contributed by atoms with Gasteiger partial charge < -0.3 is 20.0 Å². The van der Waals surface area contributed by atoms with Gasteiger partial charge in [0.2, 0.25) is 0 Å². The van der Waals surface area contributed by atoms with Crippen LogP contribution in [0.25, 0.3) is 0 Å². The molecule has 1 atom stereocenters. The SMILES string of the molecule is COC(=O)CC/C=N/NCC(O)OC. The highest BCUT2D eigenvalue weighted by Gasteiger charge is 1.98. The lowest BCUT2D eigenvalue weighted by Gasteiger charge is -2.06. The highest BCUT2D eigenvalue weighted by Crippen LogP contribution is 1.87. The van der Waals surface area contributed by atoms with Crippen molar-refractivity contribution in [2.45, 2.75) is 19.1 Å². The second-order valence-electron chi connectivity index (χ2n) is 2.48. The van der Waals surface area contributed by atoms with Gasteiger partial charge in [-0.2, -0.15) is 5.10 Å². The minimum absolute atomic E-state index is 0.214. The van der Waals surface area contributed by atoms with Gasteiger partial charge in [0.25, 0.3) is 0 Å². The Balaban J connectivity index is 3.32. The second kappa shape index (κ2) is 8.46. The van der Waals surface area contributed by atoms with Gasteiger partial charge in [-0.1, -0.05) is 0 Å². The number of carbonyl (C=O) groups excluding carboxylic acids is 1. The van der Waals surface area contributed by atoms with Crippen molar-refractivity contribution in [2.75, 3.05) is 20.8 Å². The van der Waals surface area contributed by atoms with Crippen molar-refractivity contribution in [2.24, 2.45) is 5.10 Å². The van der Waals surface area contributed by atoms with Crippen molar-refractivity contribution >= 4 is 12.2 Å². The molecule has 0 amide bonds. The first-order valence-electron chi connectivity index (χ1n) is 4.22. The van der Waals surface area contributed by atoms with Crippen molar-refractivity contribution in [3.8, 4) is 0 Å².